The second-order valence-electron chi connectivity index (χ2n) is 6.77. The van der Waals surface area contributed by atoms with E-state index in [1.807, 2.05) is 6.92 Å². The van der Waals surface area contributed by atoms with Crippen LogP contribution >= 0.6 is 11.6 Å². The van der Waals surface area contributed by atoms with Crippen molar-refractivity contribution in [2.45, 2.75) is 26.3 Å². The number of carbonyl (C=O) groups is 1. The Morgan fingerprint density at radius 1 is 1.24 bits per heavy atom. The van der Waals surface area contributed by atoms with Gasteiger partial charge in [-0.05, 0) is 25.0 Å². The highest BCUT2D eigenvalue weighted by Gasteiger charge is 2.15. The number of amides is 1. The molecule has 29 heavy (non-hydrogen) atoms. The number of rotatable bonds is 6. The molecule has 0 aliphatic heterocycles. The van der Waals surface area contributed by atoms with Crippen LogP contribution in [0.2, 0.25) is 5.02 Å². The number of nitrogens with one attached hydrogen (secondary N) is 1. The number of fused-ring (bicyclic) bond motifs is 1. The highest BCUT2D eigenvalue weighted by molar-refractivity contribution is 6.31. The maximum Gasteiger partial charge on any atom is 0.332 e. The molecule has 154 valence electrons. The molecule has 0 bridgehead atoms. The lowest BCUT2D eigenvalue weighted by molar-refractivity contribution is -0.116. The van der Waals surface area contributed by atoms with E-state index in [9.17, 15) is 14.4 Å². The number of aromatic nitrogens is 4. The Hall–Kier alpha value is -3.07. The van der Waals surface area contributed by atoms with Crippen LogP contribution in [0.15, 0.2) is 28.0 Å². The van der Waals surface area contributed by atoms with Gasteiger partial charge in [0.2, 0.25) is 5.91 Å². The summed E-state index contributed by atoms with van der Waals surface area (Å²) in [6.07, 6.45) is 2.23. The van der Waals surface area contributed by atoms with Crippen LogP contribution in [0.25, 0.3) is 11.2 Å². The van der Waals surface area contributed by atoms with Gasteiger partial charge in [0.05, 0.1) is 19.1 Å². The van der Waals surface area contributed by atoms with Gasteiger partial charge in [-0.1, -0.05) is 11.6 Å². The molecule has 0 unspecified atom stereocenters. The topological polar surface area (TPSA) is 100 Å². The van der Waals surface area contributed by atoms with E-state index in [2.05, 4.69) is 10.3 Å². The van der Waals surface area contributed by atoms with Gasteiger partial charge in [0.1, 0.15) is 5.75 Å². The molecular weight excluding hydrogens is 398 g/mol. The highest BCUT2D eigenvalue weighted by Crippen LogP contribution is 2.31. The average molecular weight is 420 g/mol. The number of benzene rings is 1. The number of aryl methyl sites for hydroxylation is 3. The second-order valence-corrected chi connectivity index (χ2v) is 7.18. The molecule has 0 aliphatic rings. The van der Waals surface area contributed by atoms with Crippen molar-refractivity contribution >= 4 is 34.4 Å². The number of methoxy groups -OCH3 is 1. The van der Waals surface area contributed by atoms with E-state index in [1.165, 1.54) is 25.1 Å². The molecule has 10 heteroatoms. The summed E-state index contributed by atoms with van der Waals surface area (Å²) < 4.78 is 9.30. The van der Waals surface area contributed by atoms with E-state index in [-0.39, 0.29) is 12.3 Å². The van der Waals surface area contributed by atoms with Gasteiger partial charge >= 0.3 is 5.69 Å². The van der Waals surface area contributed by atoms with Crippen LogP contribution in [0.5, 0.6) is 5.75 Å². The van der Waals surface area contributed by atoms with E-state index in [1.54, 1.807) is 23.7 Å². The summed E-state index contributed by atoms with van der Waals surface area (Å²) >= 11 is 6.08. The molecule has 0 spiro atoms. The Morgan fingerprint density at radius 2 is 1.97 bits per heavy atom. The maximum atomic E-state index is 12.4. The molecule has 0 radical (unpaired) electrons. The predicted molar refractivity (Wildman–Crippen MR) is 111 cm³/mol. The van der Waals surface area contributed by atoms with Crippen molar-refractivity contribution in [1.29, 1.82) is 0 Å². The van der Waals surface area contributed by atoms with E-state index in [0.717, 1.165) is 10.1 Å². The molecule has 3 rings (SSSR count). The summed E-state index contributed by atoms with van der Waals surface area (Å²) in [6, 6.07) is 3.41. The van der Waals surface area contributed by atoms with Crippen molar-refractivity contribution < 1.29 is 9.53 Å². The van der Waals surface area contributed by atoms with Gasteiger partial charge in [-0.3, -0.25) is 18.7 Å². The van der Waals surface area contributed by atoms with Crippen molar-refractivity contribution in [3.05, 3.63) is 49.9 Å². The first-order chi connectivity index (χ1) is 13.7. The van der Waals surface area contributed by atoms with Gasteiger partial charge in [-0.15, -0.1) is 0 Å². The van der Waals surface area contributed by atoms with Crippen LogP contribution in [0.4, 0.5) is 5.69 Å². The van der Waals surface area contributed by atoms with E-state index >= 15 is 0 Å². The van der Waals surface area contributed by atoms with E-state index in [0.29, 0.717) is 40.6 Å². The van der Waals surface area contributed by atoms with Gasteiger partial charge in [-0.2, -0.15) is 0 Å². The standard InChI is InChI=1S/C19H22ClN5O4/c1-11-8-13(14(29-4)9-12(11)20)22-15(26)6-5-7-25-10-21-17-16(25)18(27)24(3)19(28)23(17)2/h8-10H,5-7H2,1-4H3,(H,22,26). The average Bonchev–Trinajstić information content (AvgIpc) is 3.11. The van der Waals surface area contributed by atoms with Gasteiger partial charge in [-0.25, -0.2) is 9.78 Å². The van der Waals surface area contributed by atoms with Crippen LogP contribution in [-0.2, 0) is 25.4 Å². The number of nitrogens with zero attached hydrogens (tertiary/aromatic N) is 4. The lowest BCUT2D eigenvalue weighted by Gasteiger charge is -2.12. The largest absolute Gasteiger partial charge is 0.495 e. The second kappa shape index (κ2) is 8.12. The molecule has 2 aromatic heterocycles. The van der Waals surface area contributed by atoms with Crippen LogP contribution in [0.1, 0.15) is 18.4 Å². The Bertz CT molecular complexity index is 1210. The summed E-state index contributed by atoms with van der Waals surface area (Å²) in [5, 5.41) is 3.38. The number of ether oxygens (including phenoxy) is 1. The van der Waals surface area contributed by atoms with Crippen molar-refractivity contribution in [2.75, 3.05) is 12.4 Å². The van der Waals surface area contributed by atoms with Crippen molar-refractivity contribution in [2.24, 2.45) is 14.1 Å². The lowest BCUT2D eigenvalue weighted by atomic mass is 10.2. The SMILES string of the molecule is COc1cc(Cl)c(C)cc1NC(=O)CCCn1cnc2c1c(=O)n(C)c(=O)n2C. The maximum absolute atomic E-state index is 12.4. The Morgan fingerprint density at radius 3 is 2.66 bits per heavy atom. The molecular formula is C19H22ClN5O4. The van der Waals surface area contributed by atoms with Crippen LogP contribution in [-0.4, -0.2) is 31.7 Å². The highest BCUT2D eigenvalue weighted by atomic mass is 35.5. The molecule has 1 aromatic carbocycles. The first kappa shape index (κ1) is 20.7. The van der Waals surface area contributed by atoms with Gasteiger partial charge in [0.15, 0.2) is 11.2 Å². The molecule has 0 saturated heterocycles. The van der Waals surface area contributed by atoms with Crippen molar-refractivity contribution in [1.82, 2.24) is 18.7 Å². The molecule has 9 nitrogen and oxygen atoms in total. The zero-order valence-corrected chi connectivity index (χ0v) is 17.4. The Kier molecular flexibility index (Phi) is 5.78. The summed E-state index contributed by atoms with van der Waals surface area (Å²) in [5.41, 5.74) is 1.20. The van der Waals surface area contributed by atoms with Gasteiger partial charge in [0.25, 0.3) is 5.56 Å². The molecule has 0 saturated carbocycles. The number of halogens is 1. The molecule has 0 aliphatic carbocycles. The number of imidazole rings is 1. The minimum atomic E-state index is -0.431. The first-order valence-electron chi connectivity index (χ1n) is 8.99. The van der Waals surface area contributed by atoms with Gasteiger partial charge in [0, 0.05) is 38.1 Å². The Balaban J connectivity index is 1.71. The van der Waals surface area contributed by atoms with Crippen LogP contribution in [0.3, 0.4) is 0 Å². The summed E-state index contributed by atoms with van der Waals surface area (Å²) in [7, 11) is 4.50. The van der Waals surface area contributed by atoms with E-state index in [4.69, 9.17) is 16.3 Å². The molecule has 0 atom stereocenters. The summed E-state index contributed by atoms with van der Waals surface area (Å²) in [4.78, 5) is 41.0. The monoisotopic (exact) mass is 419 g/mol. The molecule has 3 aromatic rings. The zero-order valence-electron chi connectivity index (χ0n) is 16.7. The fourth-order valence-corrected chi connectivity index (χ4v) is 3.27. The normalized spacial score (nSPS) is 11.1. The fraction of sp³-hybridized carbons (Fsp3) is 0.368. The quantitative estimate of drug-likeness (QED) is 0.657. The molecule has 1 N–H and O–H groups in total. The number of hydrogen-bond acceptors (Lipinski definition) is 5. The molecule has 2 heterocycles. The number of carbonyl (C=O) groups excluding carboxylic acids is 1. The van der Waals surface area contributed by atoms with Crippen LogP contribution in [0, 0.1) is 6.92 Å². The minimum Gasteiger partial charge on any atom is -0.495 e. The summed E-state index contributed by atoms with van der Waals surface area (Å²) in [6.45, 7) is 2.25. The Labute approximate surface area is 171 Å². The predicted octanol–water partition coefficient (Wildman–Crippen LogP) is 1.82. The third kappa shape index (κ3) is 3.91. The summed E-state index contributed by atoms with van der Waals surface area (Å²) in [5.74, 6) is 0.300. The smallest absolute Gasteiger partial charge is 0.332 e. The molecule has 0 fully saturated rings. The van der Waals surface area contributed by atoms with Crippen LogP contribution < -0.4 is 21.3 Å². The zero-order chi connectivity index (χ0) is 21.3. The number of hydrogen-bond donors (Lipinski definition) is 1. The fourth-order valence-electron chi connectivity index (χ4n) is 3.12. The van der Waals surface area contributed by atoms with E-state index < -0.39 is 11.2 Å². The van der Waals surface area contributed by atoms with Crippen molar-refractivity contribution in [3.63, 3.8) is 0 Å². The molecule has 1 amide bonds. The van der Waals surface area contributed by atoms with Crippen molar-refractivity contribution in [3.8, 4) is 5.75 Å². The number of anilines is 1. The third-order valence-corrected chi connectivity index (χ3v) is 5.18. The first-order valence-corrected chi connectivity index (χ1v) is 9.37. The third-order valence-electron chi connectivity index (χ3n) is 4.77. The lowest BCUT2D eigenvalue weighted by Crippen LogP contribution is -2.37. The minimum absolute atomic E-state index is 0.185. The van der Waals surface area contributed by atoms with Gasteiger partial charge < -0.3 is 14.6 Å².